The van der Waals surface area contributed by atoms with E-state index < -0.39 is 5.41 Å². The Hall–Kier alpha value is -0.700. The minimum atomic E-state index is -0.472. The summed E-state index contributed by atoms with van der Waals surface area (Å²) in [6.07, 6.45) is 9.25. The Morgan fingerprint density at radius 1 is 1.28 bits per heavy atom. The number of rotatable bonds is 4. The van der Waals surface area contributed by atoms with Gasteiger partial charge >= 0.3 is 5.97 Å². The summed E-state index contributed by atoms with van der Waals surface area (Å²) >= 11 is 4.29. The average molecular weight is 268 g/mol. The maximum absolute atomic E-state index is 12.2. The molecule has 0 heterocycles. The van der Waals surface area contributed by atoms with Gasteiger partial charge in [-0.25, -0.2) is 0 Å². The third kappa shape index (κ3) is 3.41. The van der Waals surface area contributed by atoms with Gasteiger partial charge in [-0.1, -0.05) is 45.3 Å². The molecule has 0 saturated heterocycles. The summed E-state index contributed by atoms with van der Waals surface area (Å²) in [7, 11) is 1.47. The molecule has 1 saturated carbocycles. The number of thiol groups is 1. The highest BCUT2D eigenvalue weighted by Gasteiger charge is 2.42. The summed E-state index contributed by atoms with van der Waals surface area (Å²) in [4.78, 5) is 12.2. The van der Waals surface area contributed by atoms with E-state index in [2.05, 4.69) is 32.6 Å². The maximum atomic E-state index is 12.2. The van der Waals surface area contributed by atoms with E-state index in [0.717, 1.165) is 31.3 Å². The molecule has 0 radical (unpaired) electrons. The summed E-state index contributed by atoms with van der Waals surface area (Å²) in [6.45, 7) is 4.25. The first-order chi connectivity index (χ1) is 8.56. The SMILES string of the molecule is COC(=O)C1(C(=CS)/C=C/C(C)C)CCCCC1. The van der Waals surface area contributed by atoms with Crippen LogP contribution in [0.5, 0.6) is 0 Å². The fraction of sp³-hybridized carbons (Fsp3) is 0.667. The van der Waals surface area contributed by atoms with Gasteiger partial charge in [-0.2, -0.15) is 12.6 Å². The first-order valence-corrected chi connectivity index (χ1v) is 7.20. The normalized spacial score (nSPS) is 20.4. The highest BCUT2D eigenvalue weighted by molar-refractivity contribution is 7.83. The highest BCUT2D eigenvalue weighted by Crippen LogP contribution is 2.44. The van der Waals surface area contributed by atoms with Gasteiger partial charge in [-0.05, 0) is 29.7 Å². The van der Waals surface area contributed by atoms with E-state index in [1.165, 1.54) is 13.5 Å². The fourth-order valence-electron chi connectivity index (χ4n) is 2.58. The summed E-state index contributed by atoms with van der Waals surface area (Å²) in [5, 5.41) is 1.76. The zero-order valence-electron chi connectivity index (χ0n) is 11.6. The van der Waals surface area contributed by atoms with E-state index in [1.807, 2.05) is 6.08 Å². The molecular weight excluding hydrogens is 244 g/mol. The molecule has 0 aromatic heterocycles. The molecule has 2 nitrogen and oxygen atoms in total. The van der Waals surface area contributed by atoms with Crippen molar-refractivity contribution in [2.24, 2.45) is 11.3 Å². The minimum absolute atomic E-state index is 0.115. The molecule has 1 aliphatic rings. The van der Waals surface area contributed by atoms with Gasteiger partial charge in [0.25, 0.3) is 0 Å². The van der Waals surface area contributed by atoms with Crippen LogP contribution in [0.3, 0.4) is 0 Å². The minimum Gasteiger partial charge on any atom is -0.468 e. The summed E-state index contributed by atoms with van der Waals surface area (Å²) in [6, 6.07) is 0. The van der Waals surface area contributed by atoms with Gasteiger partial charge in [0, 0.05) is 0 Å². The molecule has 1 fully saturated rings. The number of esters is 1. The van der Waals surface area contributed by atoms with Crippen LogP contribution in [0, 0.1) is 11.3 Å². The molecule has 1 rings (SSSR count). The number of allylic oxidation sites excluding steroid dienone is 2. The molecule has 3 heteroatoms. The highest BCUT2D eigenvalue weighted by atomic mass is 32.1. The van der Waals surface area contributed by atoms with Crippen molar-refractivity contribution in [3.8, 4) is 0 Å². The first-order valence-electron chi connectivity index (χ1n) is 6.68. The van der Waals surface area contributed by atoms with Crippen LogP contribution in [0.15, 0.2) is 23.1 Å². The molecule has 0 bridgehead atoms. The Morgan fingerprint density at radius 2 is 1.89 bits per heavy atom. The number of methoxy groups -OCH3 is 1. The molecular formula is C15H24O2S. The monoisotopic (exact) mass is 268 g/mol. The van der Waals surface area contributed by atoms with Crippen molar-refractivity contribution in [1.82, 2.24) is 0 Å². The van der Waals surface area contributed by atoms with Crippen molar-refractivity contribution >= 4 is 18.6 Å². The third-order valence-corrected chi connectivity index (χ3v) is 3.91. The van der Waals surface area contributed by atoms with Crippen molar-refractivity contribution in [2.45, 2.75) is 46.0 Å². The second-order valence-electron chi connectivity index (χ2n) is 5.32. The molecule has 0 aromatic rings. The zero-order chi connectivity index (χ0) is 13.6. The van der Waals surface area contributed by atoms with Crippen LogP contribution in [0.1, 0.15) is 46.0 Å². The Labute approximate surface area is 116 Å². The molecule has 102 valence electrons. The summed E-state index contributed by atoms with van der Waals surface area (Å²) in [5.41, 5.74) is 0.520. The fourth-order valence-corrected chi connectivity index (χ4v) is 2.92. The van der Waals surface area contributed by atoms with E-state index in [9.17, 15) is 4.79 Å². The first kappa shape index (κ1) is 15.4. The van der Waals surface area contributed by atoms with Gasteiger partial charge < -0.3 is 4.74 Å². The van der Waals surface area contributed by atoms with E-state index in [0.29, 0.717) is 5.92 Å². The van der Waals surface area contributed by atoms with Gasteiger partial charge in [-0.3, -0.25) is 4.79 Å². The molecule has 0 N–H and O–H groups in total. The second-order valence-corrected chi connectivity index (χ2v) is 5.58. The molecule has 0 unspecified atom stereocenters. The molecule has 1 aliphatic carbocycles. The average Bonchev–Trinajstić information content (AvgIpc) is 2.39. The van der Waals surface area contributed by atoms with E-state index in [-0.39, 0.29) is 5.97 Å². The lowest BCUT2D eigenvalue weighted by molar-refractivity contribution is -0.152. The molecule has 18 heavy (non-hydrogen) atoms. The molecule has 0 amide bonds. The van der Waals surface area contributed by atoms with Crippen molar-refractivity contribution in [3.63, 3.8) is 0 Å². The third-order valence-electron chi connectivity index (χ3n) is 3.64. The quantitative estimate of drug-likeness (QED) is 0.471. The van der Waals surface area contributed by atoms with E-state index in [4.69, 9.17) is 4.74 Å². The van der Waals surface area contributed by atoms with E-state index in [1.54, 1.807) is 5.41 Å². The standard InChI is InChI=1S/C15H24O2S/c1-12(2)7-8-13(11-18)15(14(16)17-3)9-5-4-6-10-15/h7-8,11-12,18H,4-6,9-10H2,1-3H3/b8-7+,13-11?. The Kier molecular flexibility index (Phi) is 6.00. The Morgan fingerprint density at radius 3 is 2.33 bits per heavy atom. The van der Waals surface area contributed by atoms with Crippen LogP contribution in [0.4, 0.5) is 0 Å². The topological polar surface area (TPSA) is 26.3 Å². The Balaban J connectivity index is 3.04. The van der Waals surface area contributed by atoms with Gasteiger partial charge in [0.15, 0.2) is 0 Å². The van der Waals surface area contributed by atoms with Crippen molar-refractivity contribution in [2.75, 3.05) is 7.11 Å². The smallest absolute Gasteiger partial charge is 0.316 e. The van der Waals surface area contributed by atoms with Crippen LogP contribution in [-0.4, -0.2) is 13.1 Å². The lowest BCUT2D eigenvalue weighted by Gasteiger charge is -2.35. The van der Waals surface area contributed by atoms with Crippen LogP contribution >= 0.6 is 12.6 Å². The van der Waals surface area contributed by atoms with Crippen LogP contribution in [0.2, 0.25) is 0 Å². The van der Waals surface area contributed by atoms with Gasteiger partial charge in [0.2, 0.25) is 0 Å². The lowest BCUT2D eigenvalue weighted by Crippen LogP contribution is -2.36. The maximum Gasteiger partial charge on any atom is 0.316 e. The van der Waals surface area contributed by atoms with Gasteiger partial charge in [0.05, 0.1) is 12.5 Å². The summed E-state index contributed by atoms with van der Waals surface area (Å²) < 4.78 is 5.04. The predicted octanol–water partition coefficient (Wildman–Crippen LogP) is 4.14. The van der Waals surface area contributed by atoms with Gasteiger partial charge in [0.1, 0.15) is 0 Å². The summed E-state index contributed by atoms with van der Waals surface area (Å²) in [5.74, 6) is 0.350. The molecule has 0 spiro atoms. The molecule has 0 aliphatic heterocycles. The van der Waals surface area contributed by atoms with E-state index >= 15 is 0 Å². The number of ether oxygens (including phenoxy) is 1. The molecule has 0 atom stereocenters. The van der Waals surface area contributed by atoms with Crippen molar-refractivity contribution in [1.29, 1.82) is 0 Å². The zero-order valence-corrected chi connectivity index (χ0v) is 12.5. The molecule has 0 aromatic carbocycles. The Bertz CT molecular complexity index is 336. The number of carbonyl (C=O) groups excluding carboxylic acids is 1. The van der Waals surface area contributed by atoms with Crippen LogP contribution in [0.25, 0.3) is 0 Å². The van der Waals surface area contributed by atoms with Gasteiger partial charge in [-0.15, -0.1) is 0 Å². The largest absolute Gasteiger partial charge is 0.468 e. The number of hydrogen-bond donors (Lipinski definition) is 1. The van der Waals surface area contributed by atoms with Crippen molar-refractivity contribution < 1.29 is 9.53 Å². The predicted molar refractivity (Wildman–Crippen MR) is 78.6 cm³/mol. The van der Waals surface area contributed by atoms with Crippen LogP contribution in [-0.2, 0) is 9.53 Å². The van der Waals surface area contributed by atoms with Crippen LogP contribution < -0.4 is 0 Å². The number of hydrogen-bond acceptors (Lipinski definition) is 3. The lowest BCUT2D eigenvalue weighted by atomic mass is 9.69. The van der Waals surface area contributed by atoms with Crippen molar-refractivity contribution in [3.05, 3.63) is 23.1 Å². The number of carbonyl (C=O) groups is 1. The second kappa shape index (κ2) is 7.03.